The number of aliphatic hydroxyl groups is 1. The molecule has 1 atom stereocenters. The average molecular weight is 239 g/mol. The molecule has 0 fully saturated rings. The van der Waals surface area contributed by atoms with Gasteiger partial charge in [-0.25, -0.2) is 0 Å². The van der Waals surface area contributed by atoms with Crippen LogP contribution in [0.1, 0.15) is 25.8 Å². The molecule has 0 aliphatic carbocycles. The molecule has 0 aromatic heterocycles. The number of aliphatic hydroxyl groups excluding tert-OH is 1. The van der Waals surface area contributed by atoms with E-state index in [0.717, 1.165) is 25.3 Å². The minimum atomic E-state index is -0.194. The van der Waals surface area contributed by atoms with Crippen molar-refractivity contribution in [2.75, 3.05) is 12.3 Å². The van der Waals surface area contributed by atoms with Crippen LogP contribution in [0, 0.1) is 0 Å². The Kier molecular flexibility index (Phi) is 6.53. The maximum Gasteiger partial charge on any atom is 0.0520 e. The molecule has 90 valence electrons. The van der Waals surface area contributed by atoms with Gasteiger partial charge in [0.15, 0.2) is 0 Å². The van der Waals surface area contributed by atoms with Gasteiger partial charge < -0.3 is 10.4 Å². The lowest BCUT2D eigenvalue weighted by atomic mass is 10.2. The van der Waals surface area contributed by atoms with E-state index in [1.165, 1.54) is 10.5 Å². The minimum Gasteiger partial charge on any atom is -0.393 e. The number of thioether (sulfide) groups is 1. The van der Waals surface area contributed by atoms with Crippen LogP contribution in [0.25, 0.3) is 0 Å². The summed E-state index contributed by atoms with van der Waals surface area (Å²) in [5.74, 6) is 0.976. The summed E-state index contributed by atoms with van der Waals surface area (Å²) in [6.07, 6.45) is 0.657. The zero-order valence-corrected chi connectivity index (χ0v) is 10.9. The summed E-state index contributed by atoms with van der Waals surface area (Å²) in [6, 6.07) is 8.62. The Morgan fingerprint density at radius 3 is 2.56 bits per heavy atom. The summed E-state index contributed by atoms with van der Waals surface area (Å²) in [6.45, 7) is 5.89. The second-order valence-electron chi connectivity index (χ2n) is 3.91. The zero-order chi connectivity index (χ0) is 11.8. The van der Waals surface area contributed by atoms with Crippen molar-refractivity contribution in [2.24, 2.45) is 0 Å². The van der Waals surface area contributed by atoms with E-state index >= 15 is 0 Å². The van der Waals surface area contributed by atoms with Gasteiger partial charge in [-0.15, -0.1) is 11.8 Å². The van der Waals surface area contributed by atoms with Crippen LogP contribution in [0.3, 0.4) is 0 Å². The fraction of sp³-hybridized carbons (Fsp3) is 0.538. The molecule has 3 heteroatoms. The van der Waals surface area contributed by atoms with Crippen molar-refractivity contribution in [2.45, 2.75) is 37.8 Å². The molecule has 0 heterocycles. The normalized spacial score (nSPS) is 12.7. The Labute approximate surface area is 102 Å². The Balaban J connectivity index is 2.33. The number of nitrogens with one attached hydrogen (secondary N) is 1. The van der Waals surface area contributed by atoms with Crippen molar-refractivity contribution in [3.8, 4) is 0 Å². The molecule has 1 rings (SSSR count). The van der Waals surface area contributed by atoms with Crippen molar-refractivity contribution < 1.29 is 5.11 Å². The van der Waals surface area contributed by atoms with Gasteiger partial charge in [0, 0.05) is 17.2 Å². The van der Waals surface area contributed by atoms with Gasteiger partial charge in [0.25, 0.3) is 0 Å². The minimum absolute atomic E-state index is 0.194. The van der Waals surface area contributed by atoms with Gasteiger partial charge in [-0.2, -0.15) is 0 Å². The summed E-state index contributed by atoms with van der Waals surface area (Å²) >= 11 is 1.80. The highest BCUT2D eigenvalue weighted by atomic mass is 32.2. The Bertz CT molecular complexity index is 284. The molecule has 0 saturated carbocycles. The van der Waals surface area contributed by atoms with E-state index in [1.807, 2.05) is 6.92 Å². The maximum atomic E-state index is 9.15. The predicted octanol–water partition coefficient (Wildman–Crippen LogP) is 2.66. The van der Waals surface area contributed by atoms with E-state index in [2.05, 4.69) is 36.5 Å². The van der Waals surface area contributed by atoms with Crippen molar-refractivity contribution in [3.63, 3.8) is 0 Å². The molecule has 2 N–H and O–H groups in total. The van der Waals surface area contributed by atoms with Crippen molar-refractivity contribution in [1.82, 2.24) is 5.32 Å². The van der Waals surface area contributed by atoms with E-state index in [0.29, 0.717) is 0 Å². The molecule has 0 aliphatic heterocycles. The lowest BCUT2D eigenvalue weighted by Crippen LogP contribution is -2.11. The molecule has 0 spiro atoms. The maximum absolute atomic E-state index is 9.15. The van der Waals surface area contributed by atoms with E-state index in [9.17, 15) is 0 Å². The molecule has 1 aromatic carbocycles. The van der Waals surface area contributed by atoms with Gasteiger partial charge in [-0.05, 0) is 37.6 Å². The lowest BCUT2D eigenvalue weighted by molar-refractivity contribution is 0.192. The largest absolute Gasteiger partial charge is 0.393 e. The first kappa shape index (κ1) is 13.6. The predicted molar refractivity (Wildman–Crippen MR) is 70.8 cm³/mol. The lowest BCUT2D eigenvalue weighted by Gasteiger charge is -2.05. The standard InChI is InChI=1S/C13H21NOS/c1-3-14-10-12-4-6-13(7-5-12)16-9-8-11(2)15/h4-7,11,14-15H,3,8-10H2,1-2H3. The van der Waals surface area contributed by atoms with Crippen LogP contribution in [0.2, 0.25) is 0 Å². The van der Waals surface area contributed by atoms with E-state index in [4.69, 9.17) is 5.11 Å². The topological polar surface area (TPSA) is 32.3 Å². The highest BCUT2D eigenvalue weighted by Crippen LogP contribution is 2.19. The molecule has 1 aromatic rings. The second kappa shape index (κ2) is 7.71. The Morgan fingerprint density at radius 2 is 2.00 bits per heavy atom. The molecular formula is C13H21NOS. The third kappa shape index (κ3) is 5.54. The number of rotatable bonds is 7. The summed E-state index contributed by atoms with van der Waals surface area (Å²) in [7, 11) is 0. The molecule has 16 heavy (non-hydrogen) atoms. The first-order valence-corrected chi connectivity index (χ1v) is 6.81. The van der Waals surface area contributed by atoms with Crippen molar-refractivity contribution >= 4 is 11.8 Å². The first-order chi connectivity index (χ1) is 7.72. The number of hydrogen-bond acceptors (Lipinski definition) is 3. The quantitative estimate of drug-likeness (QED) is 0.718. The number of benzene rings is 1. The monoisotopic (exact) mass is 239 g/mol. The SMILES string of the molecule is CCNCc1ccc(SCCC(C)O)cc1. The fourth-order valence-electron chi connectivity index (χ4n) is 1.32. The molecule has 0 aliphatic rings. The highest BCUT2D eigenvalue weighted by molar-refractivity contribution is 7.99. The molecule has 0 radical (unpaired) electrons. The molecule has 2 nitrogen and oxygen atoms in total. The van der Waals surface area contributed by atoms with Gasteiger partial charge in [0.1, 0.15) is 0 Å². The van der Waals surface area contributed by atoms with Crippen molar-refractivity contribution in [1.29, 1.82) is 0 Å². The van der Waals surface area contributed by atoms with Gasteiger partial charge in [-0.3, -0.25) is 0 Å². The third-order valence-corrected chi connectivity index (χ3v) is 3.35. The smallest absolute Gasteiger partial charge is 0.0520 e. The molecule has 0 saturated heterocycles. The highest BCUT2D eigenvalue weighted by Gasteiger charge is 1.98. The Morgan fingerprint density at radius 1 is 1.31 bits per heavy atom. The second-order valence-corrected chi connectivity index (χ2v) is 5.08. The van der Waals surface area contributed by atoms with E-state index < -0.39 is 0 Å². The van der Waals surface area contributed by atoms with E-state index in [1.54, 1.807) is 11.8 Å². The van der Waals surface area contributed by atoms with Crippen LogP contribution >= 0.6 is 11.8 Å². The van der Waals surface area contributed by atoms with Gasteiger partial charge in [-0.1, -0.05) is 19.1 Å². The third-order valence-electron chi connectivity index (χ3n) is 2.31. The fourth-order valence-corrected chi connectivity index (χ4v) is 2.34. The average Bonchev–Trinajstić information content (AvgIpc) is 2.27. The summed E-state index contributed by atoms with van der Waals surface area (Å²) in [4.78, 5) is 1.28. The molecule has 0 amide bonds. The van der Waals surface area contributed by atoms with Crippen LogP contribution in [0.4, 0.5) is 0 Å². The van der Waals surface area contributed by atoms with Crippen LogP contribution in [0.15, 0.2) is 29.2 Å². The first-order valence-electron chi connectivity index (χ1n) is 5.83. The zero-order valence-electron chi connectivity index (χ0n) is 10.1. The molecule has 0 bridgehead atoms. The van der Waals surface area contributed by atoms with Crippen LogP contribution in [0.5, 0.6) is 0 Å². The van der Waals surface area contributed by atoms with E-state index in [-0.39, 0.29) is 6.10 Å². The molecular weight excluding hydrogens is 218 g/mol. The van der Waals surface area contributed by atoms with Crippen LogP contribution < -0.4 is 5.32 Å². The number of hydrogen-bond donors (Lipinski definition) is 2. The molecule has 1 unspecified atom stereocenters. The van der Waals surface area contributed by atoms with Gasteiger partial charge in [0.05, 0.1) is 6.10 Å². The summed E-state index contributed by atoms with van der Waals surface area (Å²) in [5.41, 5.74) is 1.32. The Hall–Kier alpha value is -0.510. The van der Waals surface area contributed by atoms with Crippen molar-refractivity contribution in [3.05, 3.63) is 29.8 Å². The van der Waals surface area contributed by atoms with Crippen LogP contribution in [-0.2, 0) is 6.54 Å². The summed E-state index contributed by atoms with van der Waals surface area (Å²) < 4.78 is 0. The van der Waals surface area contributed by atoms with Crippen LogP contribution in [-0.4, -0.2) is 23.5 Å². The van der Waals surface area contributed by atoms with Gasteiger partial charge >= 0.3 is 0 Å². The summed E-state index contributed by atoms with van der Waals surface area (Å²) in [5, 5.41) is 12.5. The van der Waals surface area contributed by atoms with Gasteiger partial charge in [0.2, 0.25) is 0 Å².